The molecule has 1 nitrogen and oxygen atoms in total. The first-order chi connectivity index (χ1) is 23.3. The summed E-state index contributed by atoms with van der Waals surface area (Å²) < 4.78 is 0. The molecule has 0 amide bonds. The van der Waals surface area contributed by atoms with Crippen LogP contribution in [0, 0.1) is 23.7 Å². The van der Waals surface area contributed by atoms with Crippen molar-refractivity contribution in [2.75, 3.05) is 4.90 Å². The fraction of sp³-hybridized carbons (Fsp3) is 0.217. The molecular weight excluding hydrogens is 567 g/mol. The van der Waals surface area contributed by atoms with E-state index in [2.05, 4.69) is 157 Å². The smallest absolute Gasteiger partial charge is 0.0509 e. The van der Waals surface area contributed by atoms with Crippen LogP contribution < -0.4 is 4.90 Å². The molecule has 4 bridgehead atoms. The largest absolute Gasteiger partial charge is 0.310 e. The highest BCUT2D eigenvalue weighted by Crippen LogP contribution is 2.71. The molecular formula is C46H39N. The van der Waals surface area contributed by atoms with E-state index in [9.17, 15) is 0 Å². The van der Waals surface area contributed by atoms with Gasteiger partial charge in [0.15, 0.2) is 0 Å². The van der Waals surface area contributed by atoms with Crippen LogP contribution in [0.3, 0.4) is 0 Å². The van der Waals surface area contributed by atoms with Crippen LogP contribution in [-0.4, -0.2) is 0 Å². The average molecular weight is 606 g/mol. The maximum atomic E-state index is 2.58. The average Bonchev–Trinajstić information content (AvgIpc) is 3.43. The monoisotopic (exact) mass is 605 g/mol. The quantitative estimate of drug-likeness (QED) is 0.189. The molecule has 0 saturated heterocycles. The number of hydrogen-bond donors (Lipinski definition) is 0. The number of fused-ring (bicyclic) bond motifs is 3. The maximum absolute atomic E-state index is 2.58. The normalized spacial score (nSPS) is 24.7. The minimum absolute atomic E-state index is 0.0786. The number of rotatable bonds is 5. The summed E-state index contributed by atoms with van der Waals surface area (Å²) in [6, 6.07) is 56.7. The van der Waals surface area contributed by atoms with Crippen molar-refractivity contribution in [2.45, 2.75) is 37.5 Å². The third-order valence-corrected chi connectivity index (χ3v) is 12.2. The molecule has 0 aliphatic heterocycles. The topological polar surface area (TPSA) is 3.24 Å². The zero-order chi connectivity index (χ0) is 31.0. The summed E-state index contributed by atoms with van der Waals surface area (Å²) in [4.78, 5) is 2.58. The highest BCUT2D eigenvalue weighted by molar-refractivity contribution is 5.92. The lowest BCUT2D eigenvalue weighted by Gasteiger charge is -2.61. The summed E-state index contributed by atoms with van der Waals surface area (Å²) >= 11 is 0. The van der Waals surface area contributed by atoms with Crippen LogP contribution in [0.25, 0.3) is 33.4 Å². The van der Waals surface area contributed by atoms with Crippen molar-refractivity contribution in [1.29, 1.82) is 0 Å². The summed E-state index contributed by atoms with van der Waals surface area (Å²) in [7, 11) is 0. The van der Waals surface area contributed by atoms with E-state index in [0.29, 0.717) is 11.8 Å². The third kappa shape index (κ3) is 4.08. The lowest BCUT2D eigenvalue weighted by atomic mass is 9.43. The summed E-state index contributed by atoms with van der Waals surface area (Å²) in [5.41, 5.74) is 15.0. The van der Waals surface area contributed by atoms with Crippen molar-refractivity contribution in [3.8, 4) is 33.4 Å². The van der Waals surface area contributed by atoms with Crippen LogP contribution in [0.1, 0.15) is 43.2 Å². The molecule has 228 valence electrons. The van der Waals surface area contributed by atoms with Gasteiger partial charge < -0.3 is 4.90 Å². The van der Waals surface area contributed by atoms with E-state index in [4.69, 9.17) is 0 Å². The Hall–Kier alpha value is -4.88. The Morgan fingerprint density at radius 1 is 0.426 bits per heavy atom. The Morgan fingerprint density at radius 2 is 0.979 bits per heavy atom. The molecule has 0 radical (unpaired) electrons. The summed E-state index contributed by atoms with van der Waals surface area (Å²) in [6.07, 6.45) is 6.98. The van der Waals surface area contributed by atoms with E-state index in [0.717, 1.165) is 11.8 Å². The molecule has 0 atom stereocenters. The molecule has 1 heteroatoms. The van der Waals surface area contributed by atoms with Crippen molar-refractivity contribution >= 4 is 17.1 Å². The molecule has 0 unspecified atom stereocenters. The predicted octanol–water partition coefficient (Wildman–Crippen LogP) is 12.2. The first kappa shape index (κ1) is 27.3. The first-order valence-electron chi connectivity index (χ1n) is 17.6. The molecule has 5 aliphatic carbocycles. The molecule has 5 aliphatic rings. The number of anilines is 3. The van der Waals surface area contributed by atoms with Crippen molar-refractivity contribution in [3.63, 3.8) is 0 Å². The lowest BCUT2D eigenvalue weighted by Crippen LogP contribution is -2.55. The molecule has 1 spiro atoms. The third-order valence-electron chi connectivity index (χ3n) is 12.2. The molecule has 0 heterocycles. The van der Waals surface area contributed by atoms with Gasteiger partial charge >= 0.3 is 0 Å². The molecule has 0 N–H and O–H groups in total. The van der Waals surface area contributed by atoms with Crippen molar-refractivity contribution in [3.05, 3.63) is 163 Å². The second kappa shape index (κ2) is 10.6. The second-order valence-electron chi connectivity index (χ2n) is 14.6. The van der Waals surface area contributed by atoms with Gasteiger partial charge in [0, 0.05) is 16.8 Å². The van der Waals surface area contributed by atoms with E-state index in [-0.39, 0.29) is 5.41 Å². The molecule has 47 heavy (non-hydrogen) atoms. The van der Waals surface area contributed by atoms with E-state index < -0.39 is 0 Å². The van der Waals surface area contributed by atoms with Gasteiger partial charge in [-0.05, 0) is 131 Å². The van der Waals surface area contributed by atoms with Gasteiger partial charge in [-0.3, -0.25) is 0 Å². The van der Waals surface area contributed by atoms with E-state index in [1.807, 2.05) is 0 Å². The first-order valence-corrected chi connectivity index (χ1v) is 17.6. The van der Waals surface area contributed by atoms with Crippen LogP contribution in [0.15, 0.2) is 152 Å². The Kier molecular flexibility index (Phi) is 6.13. The Balaban J connectivity index is 1.21. The van der Waals surface area contributed by atoms with E-state index in [1.54, 1.807) is 11.1 Å². The maximum Gasteiger partial charge on any atom is 0.0509 e. The standard InChI is InChI=1S/C46H39N/c1-3-11-33(12-4-1)35-21-23-39(24-22-35)47(40-16-9-15-36(30-40)34-13-5-2-6-14-34)44-20-10-18-42-41-17-7-8-19-43(41)46(45(42)44)37-26-31-25-32(28-37)29-38(46)27-31/h1-24,30-32,37-38H,25-29H2. The highest BCUT2D eigenvalue weighted by atomic mass is 15.1. The number of hydrogen-bond acceptors (Lipinski definition) is 1. The molecule has 6 aromatic carbocycles. The fourth-order valence-electron chi connectivity index (χ4n) is 10.7. The molecule has 4 saturated carbocycles. The van der Waals surface area contributed by atoms with Gasteiger partial charge in [-0.2, -0.15) is 0 Å². The lowest BCUT2D eigenvalue weighted by molar-refractivity contribution is -0.0397. The van der Waals surface area contributed by atoms with Crippen LogP contribution in [0.5, 0.6) is 0 Å². The van der Waals surface area contributed by atoms with Gasteiger partial charge in [-0.1, -0.05) is 121 Å². The van der Waals surface area contributed by atoms with E-state index in [1.165, 1.54) is 82.5 Å². The summed E-state index contributed by atoms with van der Waals surface area (Å²) in [6.45, 7) is 0. The van der Waals surface area contributed by atoms with Crippen LogP contribution >= 0.6 is 0 Å². The van der Waals surface area contributed by atoms with Gasteiger partial charge in [0.05, 0.1) is 5.69 Å². The van der Waals surface area contributed by atoms with Gasteiger partial charge in [0.25, 0.3) is 0 Å². The van der Waals surface area contributed by atoms with Crippen LogP contribution in [0.2, 0.25) is 0 Å². The highest BCUT2D eigenvalue weighted by Gasteiger charge is 2.62. The Bertz CT molecular complexity index is 2060. The summed E-state index contributed by atoms with van der Waals surface area (Å²) in [5, 5.41) is 0. The minimum Gasteiger partial charge on any atom is -0.310 e. The number of benzene rings is 6. The van der Waals surface area contributed by atoms with Crippen molar-refractivity contribution in [2.24, 2.45) is 23.7 Å². The predicted molar refractivity (Wildman–Crippen MR) is 195 cm³/mol. The van der Waals surface area contributed by atoms with Gasteiger partial charge in [0.1, 0.15) is 0 Å². The molecule has 11 rings (SSSR count). The molecule has 4 fully saturated rings. The molecule has 6 aromatic rings. The van der Waals surface area contributed by atoms with Gasteiger partial charge in [0.2, 0.25) is 0 Å². The van der Waals surface area contributed by atoms with Crippen LogP contribution in [0.4, 0.5) is 17.1 Å². The Morgan fingerprint density at radius 3 is 1.68 bits per heavy atom. The summed E-state index contributed by atoms with van der Waals surface area (Å²) in [5.74, 6) is 3.24. The SMILES string of the molecule is c1ccc(-c2ccc(N(c3cccc(-c4ccccc4)c3)c3cccc4c3C3(c5ccccc5-4)C4CC5CC(C4)CC3C5)cc2)cc1. The van der Waals surface area contributed by atoms with Crippen molar-refractivity contribution in [1.82, 2.24) is 0 Å². The second-order valence-corrected chi connectivity index (χ2v) is 14.6. The zero-order valence-electron chi connectivity index (χ0n) is 26.7. The van der Waals surface area contributed by atoms with Gasteiger partial charge in [-0.25, -0.2) is 0 Å². The number of nitrogens with zero attached hydrogens (tertiary/aromatic N) is 1. The fourth-order valence-corrected chi connectivity index (χ4v) is 10.7. The van der Waals surface area contributed by atoms with Crippen LogP contribution in [-0.2, 0) is 5.41 Å². The van der Waals surface area contributed by atoms with Gasteiger partial charge in [-0.15, -0.1) is 0 Å². The van der Waals surface area contributed by atoms with E-state index >= 15 is 0 Å². The molecule has 0 aromatic heterocycles. The Labute approximate surface area is 278 Å². The van der Waals surface area contributed by atoms with Crippen molar-refractivity contribution < 1.29 is 0 Å². The minimum atomic E-state index is 0.0786. The zero-order valence-corrected chi connectivity index (χ0v) is 26.7.